The van der Waals surface area contributed by atoms with E-state index in [1.165, 1.54) is 6.07 Å². The summed E-state index contributed by atoms with van der Waals surface area (Å²) in [5, 5.41) is 9.11. The fourth-order valence-corrected chi connectivity index (χ4v) is 2.38. The average molecular weight is 396 g/mol. The molecule has 8 heteroatoms. The normalized spacial score (nSPS) is 10.0. The molecule has 2 rings (SSSR count). The maximum Gasteiger partial charge on any atom is 0.255 e. The number of benzene rings is 2. The Labute approximate surface area is 160 Å². The summed E-state index contributed by atoms with van der Waals surface area (Å²) in [5.74, 6) is -0.465. The van der Waals surface area contributed by atoms with Crippen molar-refractivity contribution in [1.29, 1.82) is 0 Å². The molecular weight excluding hydrogens is 381 g/mol. The maximum absolute atomic E-state index is 12.2. The van der Waals surface area contributed by atoms with Crippen molar-refractivity contribution in [1.82, 2.24) is 5.32 Å². The van der Waals surface area contributed by atoms with Crippen LogP contribution in [0.2, 0.25) is 10.0 Å². The van der Waals surface area contributed by atoms with Gasteiger partial charge in [-0.3, -0.25) is 9.59 Å². The number of thiocarbonyl (C=S) groups is 1. The van der Waals surface area contributed by atoms with Crippen LogP contribution >= 0.6 is 35.4 Å². The molecule has 0 aliphatic heterocycles. The fourth-order valence-electron chi connectivity index (χ4n) is 1.85. The van der Waals surface area contributed by atoms with Gasteiger partial charge in [0.1, 0.15) is 0 Å². The van der Waals surface area contributed by atoms with Crippen LogP contribution in [0.15, 0.2) is 42.5 Å². The first-order valence-electron chi connectivity index (χ1n) is 7.36. The molecule has 0 saturated heterocycles. The number of amides is 2. The smallest absolute Gasteiger partial charge is 0.255 e. The summed E-state index contributed by atoms with van der Waals surface area (Å²) in [6, 6.07) is 11.5. The Morgan fingerprint density at radius 3 is 2.12 bits per heavy atom. The molecule has 0 spiro atoms. The van der Waals surface area contributed by atoms with Crippen molar-refractivity contribution in [3.8, 4) is 0 Å². The van der Waals surface area contributed by atoms with Gasteiger partial charge in [-0.1, -0.05) is 30.1 Å². The summed E-state index contributed by atoms with van der Waals surface area (Å²) in [6.45, 7) is 1.74. The van der Waals surface area contributed by atoms with Crippen molar-refractivity contribution >= 4 is 63.7 Å². The van der Waals surface area contributed by atoms with Gasteiger partial charge in [-0.15, -0.1) is 0 Å². The third-order valence-corrected chi connectivity index (χ3v) is 4.10. The first-order chi connectivity index (χ1) is 11.9. The van der Waals surface area contributed by atoms with E-state index in [4.69, 9.17) is 35.4 Å². The first-order valence-corrected chi connectivity index (χ1v) is 8.52. The standard InChI is InChI=1S/C17H15Cl2N3O2S/c1-2-15(23)22-17(25)21-12-6-4-11(5-7-12)20-16(24)10-3-8-13(18)14(19)9-10/h3-9H,2H2,1H3,(H,20,24)(H2,21,22,23,25). The van der Waals surface area contributed by atoms with Gasteiger partial charge in [0.05, 0.1) is 10.0 Å². The van der Waals surface area contributed by atoms with E-state index < -0.39 is 0 Å². The lowest BCUT2D eigenvalue weighted by atomic mass is 10.2. The molecule has 130 valence electrons. The minimum Gasteiger partial charge on any atom is -0.332 e. The van der Waals surface area contributed by atoms with Crippen molar-refractivity contribution in [3.63, 3.8) is 0 Å². The molecule has 2 aromatic carbocycles. The molecule has 5 nitrogen and oxygen atoms in total. The van der Waals surface area contributed by atoms with Crippen LogP contribution in [-0.2, 0) is 4.79 Å². The maximum atomic E-state index is 12.2. The molecule has 0 bridgehead atoms. The molecule has 0 saturated carbocycles. The van der Waals surface area contributed by atoms with Crippen LogP contribution in [0.1, 0.15) is 23.7 Å². The van der Waals surface area contributed by atoms with Gasteiger partial charge in [-0.2, -0.15) is 0 Å². The average Bonchev–Trinajstić information content (AvgIpc) is 2.58. The lowest BCUT2D eigenvalue weighted by Crippen LogP contribution is -2.33. The number of carbonyl (C=O) groups excluding carboxylic acids is 2. The van der Waals surface area contributed by atoms with Gasteiger partial charge in [0.2, 0.25) is 5.91 Å². The summed E-state index contributed by atoms with van der Waals surface area (Å²) in [7, 11) is 0. The van der Waals surface area contributed by atoms with Gasteiger partial charge < -0.3 is 16.0 Å². The number of hydrogen-bond donors (Lipinski definition) is 3. The number of halogens is 2. The highest BCUT2D eigenvalue weighted by Gasteiger charge is 2.09. The minimum atomic E-state index is -0.301. The summed E-state index contributed by atoms with van der Waals surface area (Å²) in [6.07, 6.45) is 0.349. The number of anilines is 2. The topological polar surface area (TPSA) is 70.2 Å². The molecule has 0 atom stereocenters. The largest absolute Gasteiger partial charge is 0.332 e. The molecule has 0 unspecified atom stereocenters. The van der Waals surface area contributed by atoms with Gasteiger partial charge in [-0.25, -0.2) is 0 Å². The van der Waals surface area contributed by atoms with Crippen molar-refractivity contribution in [2.24, 2.45) is 0 Å². The van der Waals surface area contributed by atoms with Crippen molar-refractivity contribution in [2.75, 3.05) is 10.6 Å². The Hall–Kier alpha value is -2.15. The van der Waals surface area contributed by atoms with Crippen molar-refractivity contribution in [3.05, 3.63) is 58.1 Å². The number of nitrogens with one attached hydrogen (secondary N) is 3. The predicted molar refractivity (Wildman–Crippen MR) is 106 cm³/mol. The summed E-state index contributed by atoms with van der Waals surface area (Å²) in [4.78, 5) is 23.5. The number of hydrogen-bond acceptors (Lipinski definition) is 3. The van der Waals surface area contributed by atoms with E-state index in [0.29, 0.717) is 33.4 Å². The third kappa shape index (κ3) is 5.70. The molecular formula is C17H15Cl2N3O2S. The zero-order valence-electron chi connectivity index (χ0n) is 13.2. The van der Waals surface area contributed by atoms with E-state index in [2.05, 4.69) is 16.0 Å². The van der Waals surface area contributed by atoms with Crippen LogP contribution in [-0.4, -0.2) is 16.9 Å². The zero-order valence-corrected chi connectivity index (χ0v) is 15.6. The molecule has 0 heterocycles. The highest BCUT2D eigenvalue weighted by molar-refractivity contribution is 7.80. The van der Waals surface area contributed by atoms with E-state index in [9.17, 15) is 9.59 Å². The molecule has 2 aromatic rings. The van der Waals surface area contributed by atoms with E-state index in [-0.39, 0.29) is 16.9 Å². The second-order valence-corrected chi connectivity index (χ2v) is 6.24. The molecule has 2 amide bonds. The van der Waals surface area contributed by atoms with Crippen LogP contribution in [0.25, 0.3) is 0 Å². The van der Waals surface area contributed by atoms with Gasteiger partial charge in [0, 0.05) is 23.4 Å². The van der Waals surface area contributed by atoms with Gasteiger partial charge in [-0.05, 0) is 54.7 Å². The third-order valence-electron chi connectivity index (χ3n) is 3.16. The van der Waals surface area contributed by atoms with E-state index in [1.807, 2.05) is 0 Å². The first kappa shape index (κ1) is 19.2. The second kappa shape index (κ2) is 8.80. The Bertz CT molecular complexity index is 810. The highest BCUT2D eigenvalue weighted by Crippen LogP contribution is 2.23. The Morgan fingerprint density at radius 2 is 1.56 bits per heavy atom. The predicted octanol–water partition coefficient (Wildman–Crippen LogP) is 4.47. The molecule has 3 N–H and O–H groups in total. The van der Waals surface area contributed by atoms with Crippen LogP contribution in [0.3, 0.4) is 0 Å². The second-order valence-electron chi connectivity index (χ2n) is 5.02. The monoisotopic (exact) mass is 395 g/mol. The van der Waals surface area contributed by atoms with Crippen molar-refractivity contribution < 1.29 is 9.59 Å². The zero-order chi connectivity index (χ0) is 18.4. The van der Waals surface area contributed by atoms with Crippen LogP contribution in [0, 0.1) is 0 Å². The molecule has 0 fully saturated rings. The van der Waals surface area contributed by atoms with Crippen LogP contribution in [0.4, 0.5) is 11.4 Å². The van der Waals surface area contributed by atoms with E-state index in [0.717, 1.165) is 0 Å². The SMILES string of the molecule is CCC(=O)NC(=S)Nc1ccc(NC(=O)c2ccc(Cl)c(Cl)c2)cc1. The Morgan fingerprint density at radius 1 is 0.960 bits per heavy atom. The molecule has 0 aliphatic carbocycles. The molecule has 0 aliphatic rings. The summed E-state index contributed by atoms with van der Waals surface area (Å²) < 4.78 is 0. The lowest BCUT2D eigenvalue weighted by Gasteiger charge is -2.10. The molecule has 0 aromatic heterocycles. The Balaban J connectivity index is 1.97. The molecule has 0 radical (unpaired) electrons. The highest BCUT2D eigenvalue weighted by atomic mass is 35.5. The number of rotatable bonds is 4. The van der Waals surface area contributed by atoms with Crippen LogP contribution < -0.4 is 16.0 Å². The molecule has 25 heavy (non-hydrogen) atoms. The minimum absolute atomic E-state index is 0.164. The van der Waals surface area contributed by atoms with E-state index in [1.54, 1.807) is 43.3 Å². The number of carbonyl (C=O) groups is 2. The summed E-state index contributed by atoms with van der Waals surface area (Å²) >= 11 is 16.8. The van der Waals surface area contributed by atoms with Gasteiger partial charge in [0.25, 0.3) is 5.91 Å². The van der Waals surface area contributed by atoms with Gasteiger partial charge in [0.15, 0.2) is 5.11 Å². The van der Waals surface area contributed by atoms with Crippen molar-refractivity contribution in [2.45, 2.75) is 13.3 Å². The van der Waals surface area contributed by atoms with E-state index >= 15 is 0 Å². The van der Waals surface area contributed by atoms with Crippen LogP contribution in [0.5, 0.6) is 0 Å². The Kier molecular flexibility index (Phi) is 6.75. The van der Waals surface area contributed by atoms with Gasteiger partial charge >= 0.3 is 0 Å². The quantitative estimate of drug-likeness (QED) is 0.667. The summed E-state index contributed by atoms with van der Waals surface area (Å²) in [5.41, 5.74) is 1.69. The fraction of sp³-hybridized carbons (Fsp3) is 0.118. The lowest BCUT2D eigenvalue weighted by molar-refractivity contribution is -0.119.